The maximum Gasteiger partial charge on any atom is 0.0726 e. The minimum absolute atomic E-state index is 0.162. The van der Waals surface area contributed by atoms with Crippen LogP contribution in [0.5, 0.6) is 0 Å². The van der Waals surface area contributed by atoms with Crippen molar-refractivity contribution in [1.29, 1.82) is 0 Å². The van der Waals surface area contributed by atoms with Gasteiger partial charge in [-0.1, -0.05) is 178 Å². The third-order valence-corrected chi connectivity index (χ3v) is 13.2. The highest BCUT2D eigenvalue weighted by atomic mass is 15.1. The molecule has 0 saturated heterocycles. The van der Waals surface area contributed by atoms with Gasteiger partial charge in [0.05, 0.1) is 11.1 Å². The van der Waals surface area contributed by atoms with E-state index in [1.807, 2.05) is 0 Å². The molecule has 3 aliphatic rings. The molecule has 0 atom stereocenters. The molecule has 0 radical (unpaired) electrons. The van der Waals surface area contributed by atoms with E-state index in [1.54, 1.807) is 0 Å². The van der Waals surface area contributed by atoms with Crippen molar-refractivity contribution >= 4 is 27.8 Å². The molecule has 0 N–H and O–H groups in total. The zero-order chi connectivity index (χ0) is 37.9. The van der Waals surface area contributed by atoms with Crippen LogP contribution in [0.4, 0.5) is 17.1 Å². The first-order chi connectivity index (χ1) is 28.0. The molecular formula is C56H39N. The van der Waals surface area contributed by atoms with E-state index < -0.39 is 5.41 Å². The lowest BCUT2D eigenvalue weighted by molar-refractivity contribution is 0.666. The summed E-state index contributed by atoms with van der Waals surface area (Å²) in [5.74, 6) is 0. The predicted molar refractivity (Wildman–Crippen MR) is 238 cm³/mol. The Morgan fingerprint density at radius 3 is 1.53 bits per heavy atom. The van der Waals surface area contributed by atoms with Crippen molar-refractivity contribution in [3.8, 4) is 44.5 Å². The van der Waals surface area contributed by atoms with E-state index in [9.17, 15) is 0 Å². The van der Waals surface area contributed by atoms with Crippen molar-refractivity contribution in [3.05, 3.63) is 234 Å². The van der Waals surface area contributed by atoms with Gasteiger partial charge in [0.25, 0.3) is 0 Å². The Hall–Kier alpha value is -6.96. The van der Waals surface area contributed by atoms with Crippen molar-refractivity contribution < 1.29 is 0 Å². The lowest BCUT2D eigenvalue weighted by Gasteiger charge is -2.33. The quantitative estimate of drug-likeness (QED) is 0.175. The van der Waals surface area contributed by atoms with Crippen LogP contribution < -0.4 is 4.90 Å². The standard InChI is InChI=1S/C56H39N/c1-55(2)48-32-29-37(36-17-5-3-6-18-36)33-46(48)47-35-53(44-24-9-10-25-45(44)54(47)55)57(38-19-7-4-8-20-38)39-30-31-43-42-23-13-16-28-51(42)56(52(43)34-39)49-26-14-11-21-40(49)41-22-12-15-27-50(41)56/h3-35H,1-2H3. The Morgan fingerprint density at radius 2 is 0.877 bits per heavy atom. The van der Waals surface area contributed by atoms with Crippen LogP contribution in [0, 0.1) is 0 Å². The highest BCUT2D eigenvalue weighted by Crippen LogP contribution is 2.63. The molecule has 0 amide bonds. The van der Waals surface area contributed by atoms with Gasteiger partial charge in [0, 0.05) is 22.2 Å². The number of nitrogens with zero attached hydrogens (tertiary/aromatic N) is 1. The highest BCUT2D eigenvalue weighted by Gasteiger charge is 2.51. The van der Waals surface area contributed by atoms with Gasteiger partial charge in [-0.25, -0.2) is 0 Å². The van der Waals surface area contributed by atoms with Crippen molar-refractivity contribution in [2.45, 2.75) is 24.7 Å². The molecule has 9 aromatic rings. The molecule has 0 aliphatic heterocycles. The third-order valence-electron chi connectivity index (χ3n) is 13.2. The Morgan fingerprint density at radius 1 is 0.333 bits per heavy atom. The maximum absolute atomic E-state index is 2.51. The third kappa shape index (κ3) is 4.29. The summed E-state index contributed by atoms with van der Waals surface area (Å²) >= 11 is 0. The van der Waals surface area contributed by atoms with Gasteiger partial charge in [0.15, 0.2) is 0 Å². The first-order valence-electron chi connectivity index (χ1n) is 20.1. The van der Waals surface area contributed by atoms with Gasteiger partial charge < -0.3 is 4.90 Å². The molecule has 0 bridgehead atoms. The van der Waals surface area contributed by atoms with Crippen LogP contribution in [-0.2, 0) is 10.8 Å². The van der Waals surface area contributed by atoms with E-state index >= 15 is 0 Å². The van der Waals surface area contributed by atoms with Gasteiger partial charge in [-0.05, 0) is 120 Å². The summed E-state index contributed by atoms with van der Waals surface area (Å²) in [7, 11) is 0. The zero-order valence-corrected chi connectivity index (χ0v) is 32.0. The molecule has 9 aromatic carbocycles. The van der Waals surface area contributed by atoms with Crippen molar-refractivity contribution in [2.75, 3.05) is 4.90 Å². The minimum Gasteiger partial charge on any atom is -0.310 e. The van der Waals surface area contributed by atoms with Crippen LogP contribution >= 0.6 is 0 Å². The number of fused-ring (bicyclic) bond motifs is 15. The average molecular weight is 726 g/mol. The number of anilines is 3. The van der Waals surface area contributed by atoms with E-state index in [1.165, 1.54) is 94.3 Å². The van der Waals surface area contributed by atoms with E-state index in [0.717, 1.165) is 11.4 Å². The van der Waals surface area contributed by atoms with Crippen LogP contribution in [-0.4, -0.2) is 0 Å². The summed E-state index contributed by atoms with van der Waals surface area (Å²) in [6.07, 6.45) is 0. The summed E-state index contributed by atoms with van der Waals surface area (Å²) in [4.78, 5) is 2.51. The van der Waals surface area contributed by atoms with Gasteiger partial charge in [0.1, 0.15) is 0 Å². The molecule has 0 saturated carbocycles. The molecule has 0 aromatic heterocycles. The second kappa shape index (κ2) is 11.8. The van der Waals surface area contributed by atoms with Crippen LogP contribution in [0.2, 0.25) is 0 Å². The van der Waals surface area contributed by atoms with Gasteiger partial charge >= 0.3 is 0 Å². The molecule has 1 nitrogen and oxygen atoms in total. The molecule has 1 heteroatoms. The molecule has 12 rings (SSSR count). The van der Waals surface area contributed by atoms with Crippen LogP contribution in [0.25, 0.3) is 55.3 Å². The molecule has 0 fully saturated rings. The van der Waals surface area contributed by atoms with E-state index in [4.69, 9.17) is 0 Å². The van der Waals surface area contributed by atoms with E-state index in [2.05, 4.69) is 219 Å². The van der Waals surface area contributed by atoms with Crippen molar-refractivity contribution in [3.63, 3.8) is 0 Å². The SMILES string of the molecule is CC1(C)c2ccc(-c3ccccc3)cc2-c2cc(N(c3ccccc3)c3ccc4c(c3)C3(c5ccccc5-c5ccccc53)c3ccccc3-4)c3ccccc3c21. The largest absolute Gasteiger partial charge is 0.310 e. The summed E-state index contributed by atoms with van der Waals surface area (Å²) in [6.45, 7) is 4.80. The molecule has 1 spiro atoms. The van der Waals surface area contributed by atoms with E-state index in [0.29, 0.717) is 0 Å². The summed E-state index contributed by atoms with van der Waals surface area (Å²) in [5.41, 5.74) is 21.4. The first-order valence-corrected chi connectivity index (χ1v) is 20.1. The van der Waals surface area contributed by atoms with Crippen molar-refractivity contribution in [2.24, 2.45) is 0 Å². The maximum atomic E-state index is 2.51. The summed E-state index contributed by atoms with van der Waals surface area (Å²) < 4.78 is 0. The van der Waals surface area contributed by atoms with Crippen LogP contribution in [0.1, 0.15) is 47.2 Å². The summed E-state index contributed by atoms with van der Waals surface area (Å²) in [6, 6.07) is 74.9. The van der Waals surface area contributed by atoms with Gasteiger partial charge in [-0.3, -0.25) is 0 Å². The average Bonchev–Trinajstić information content (AvgIpc) is 3.82. The second-order valence-corrected chi connectivity index (χ2v) is 16.4. The van der Waals surface area contributed by atoms with Crippen LogP contribution in [0.15, 0.2) is 200 Å². The van der Waals surface area contributed by atoms with Gasteiger partial charge in [0.2, 0.25) is 0 Å². The van der Waals surface area contributed by atoms with Gasteiger partial charge in [-0.15, -0.1) is 0 Å². The van der Waals surface area contributed by atoms with Crippen LogP contribution in [0.3, 0.4) is 0 Å². The fraction of sp³-hybridized carbons (Fsp3) is 0.0714. The second-order valence-electron chi connectivity index (χ2n) is 16.4. The minimum atomic E-state index is -0.422. The first kappa shape index (κ1) is 32.3. The van der Waals surface area contributed by atoms with E-state index in [-0.39, 0.29) is 5.41 Å². The lowest BCUT2D eigenvalue weighted by Crippen LogP contribution is -2.26. The topological polar surface area (TPSA) is 3.24 Å². The molecule has 0 unspecified atom stereocenters. The lowest BCUT2D eigenvalue weighted by atomic mass is 9.70. The fourth-order valence-electron chi connectivity index (χ4n) is 10.9. The molecule has 268 valence electrons. The number of para-hydroxylation sites is 1. The Labute approximate surface area is 334 Å². The normalized spacial score (nSPS) is 14.4. The Balaban J connectivity index is 1.14. The fourth-order valence-corrected chi connectivity index (χ4v) is 10.9. The monoisotopic (exact) mass is 725 g/mol. The number of rotatable bonds is 4. The smallest absolute Gasteiger partial charge is 0.0726 e. The molecule has 57 heavy (non-hydrogen) atoms. The number of benzene rings is 9. The molecule has 0 heterocycles. The number of hydrogen-bond acceptors (Lipinski definition) is 1. The summed E-state index contributed by atoms with van der Waals surface area (Å²) in [5, 5.41) is 2.55. The number of hydrogen-bond donors (Lipinski definition) is 0. The van der Waals surface area contributed by atoms with Gasteiger partial charge in [-0.2, -0.15) is 0 Å². The Kier molecular flexibility index (Phi) is 6.67. The Bertz CT molecular complexity index is 3030. The molecule has 3 aliphatic carbocycles. The molecular weight excluding hydrogens is 687 g/mol. The van der Waals surface area contributed by atoms with Crippen molar-refractivity contribution in [1.82, 2.24) is 0 Å². The highest BCUT2D eigenvalue weighted by molar-refractivity contribution is 6.08. The predicted octanol–water partition coefficient (Wildman–Crippen LogP) is 14.6. The zero-order valence-electron chi connectivity index (χ0n) is 32.0.